The fourth-order valence-corrected chi connectivity index (χ4v) is 1.45. The highest BCUT2D eigenvalue weighted by molar-refractivity contribution is 5.84. The predicted molar refractivity (Wildman–Crippen MR) is 50.1 cm³/mol. The lowest BCUT2D eigenvalue weighted by atomic mass is 10.1. The molecule has 3 nitrogen and oxygen atoms in total. The summed E-state index contributed by atoms with van der Waals surface area (Å²) in [7, 11) is 0. The second-order valence-electron chi connectivity index (χ2n) is 3.01. The molecule has 0 radical (unpaired) electrons. The van der Waals surface area contributed by atoms with Crippen LogP contribution in [0.15, 0.2) is 35.3 Å². The molecule has 0 aliphatic rings. The van der Waals surface area contributed by atoms with Gasteiger partial charge in [0.2, 0.25) is 0 Å². The van der Waals surface area contributed by atoms with E-state index in [-0.39, 0.29) is 5.56 Å². The van der Waals surface area contributed by atoms with E-state index < -0.39 is 0 Å². The van der Waals surface area contributed by atoms with Crippen LogP contribution in [0.1, 0.15) is 5.56 Å². The monoisotopic (exact) mass is 175 g/mol. The van der Waals surface area contributed by atoms with Gasteiger partial charge in [-0.2, -0.15) is 4.73 Å². The van der Waals surface area contributed by atoms with Gasteiger partial charge in [-0.25, -0.2) is 0 Å². The molecule has 0 fully saturated rings. The molecule has 1 aromatic heterocycles. The van der Waals surface area contributed by atoms with Gasteiger partial charge < -0.3 is 5.21 Å². The van der Waals surface area contributed by atoms with Gasteiger partial charge in [0, 0.05) is 0 Å². The molecule has 0 aliphatic carbocycles. The van der Waals surface area contributed by atoms with Gasteiger partial charge in [0.25, 0.3) is 5.56 Å². The average molecular weight is 175 g/mol. The molecule has 0 unspecified atom stereocenters. The lowest BCUT2D eigenvalue weighted by Gasteiger charge is -2.02. The van der Waals surface area contributed by atoms with Crippen LogP contribution in [0, 0.1) is 6.92 Å². The summed E-state index contributed by atoms with van der Waals surface area (Å²) in [6.45, 7) is 1.86. The summed E-state index contributed by atoms with van der Waals surface area (Å²) < 4.78 is 0.623. The Balaban J connectivity index is 3.06. The highest BCUT2D eigenvalue weighted by Gasteiger charge is 2.03. The van der Waals surface area contributed by atoms with Crippen LogP contribution in [0.25, 0.3) is 10.8 Å². The zero-order chi connectivity index (χ0) is 9.42. The van der Waals surface area contributed by atoms with Gasteiger partial charge >= 0.3 is 0 Å². The van der Waals surface area contributed by atoms with E-state index in [4.69, 9.17) is 0 Å². The normalized spacial score (nSPS) is 10.5. The SMILES string of the molecule is Cc1cn(O)c(=O)c2ccccc12. The third-order valence-electron chi connectivity index (χ3n) is 2.11. The van der Waals surface area contributed by atoms with Crippen molar-refractivity contribution in [1.29, 1.82) is 0 Å². The first kappa shape index (κ1) is 7.86. The van der Waals surface area contributed by atoms with E-state index in [9.17, 15) is 10.0 Å². The Morgan fingerprint density at radius 3 is 2.54 bits per heavy atom. The Kier molecular flexibility index (Phi) is 1.59. The van der Waals surface area contributed by atoms with Gasteiger partial charge in [-0.15, -0.1) is 0 Å². The molecule has 3 heteroatoms. The van der Waals surface area contributed by atoms with Crippen molar-refractivity contribution in [2.75, 3.05) is 0 Å². The van der Waals surface area contributed by atoms with E-state index in [1.165, 1.54) is 6.20 Å². The zero-order valence-electron chi connectivity index (χ0n) is 7.19. The number of rotatable bonds is 0. The lowest BCUT2D eigenvalue weighted by molar-refractivity contribution is 0.176. The van der Waals surface area contributed by atoms with Crippen LogP contribution in [-0.4, -0.2) is 9.94 Å². The van der Waals surface area contributed by atoms with Crippen molar-refractivity contribution in [3.8, 4) is 0 Å². The first-order valence-electron chi connectivity index (χ1n) is 4.00. The number of aromatic nitrogens is 1. The summed E-state index contributed by atoms with van der Waals surface area (Å²) in [5.41, 5.74) is 0.513. The maximum absolute atomic E-state index is 11.4. The first-order valence-corrected chi connectivity index (χ1v) is 4.00. The maximum Gasteiger partial charge on any atom is 0.290 e. The first-order chi connectivity index (χ1) is 6.20. The molecule has 0 amide bonds. The van der Waals surface area contributed by atoms with Gasteiger partial charge in [-0.1, -0.05) is 18.2 Å². The van der Waals surface area contributed by atoms with E-state index in [1.54, 1.807) is 12.1 Å². The van der Waals surface area contributed by atoms with Crippen LogP contribution in [0.2, 0.25) is 0 Å². The third-order valence-corrected chi connectivity index (χ3v) is 2.11. The van der Waals surface area contributed by atoms with Crippen LogP contribution >= 0.6 is 0 Å². The molecule has 2 aromatic rings. The van der Waals surface area contributed by atoms with Crippen LogP contribution in [0.4, 0.5) is 0 Å². The van der Waals surface area contributed by atoms with Crippen LogP contribution in [-0.2, 0) is 0 Å². The van der Waals surface area contributed by atoms with E-state index >= 15 is 0 Å². The number of nitrogens with zero attached hydrogens (tertiary/aromatic N) is 1. The molecule has 66 valence electrons. The number of benzene rings is 1. The molecule has 0 atom stereocenters. The Labute approximate surface area is 74.8 Å². The minimum Gasteiger partial charge on any atom is -0.425 e. The van der Waals surface area contributed by atoms with E-state index in [0.717, 1.165) is 10.9 Å². The number of hydrogen-bond donors (Lipinski definition) is 1. The predicted octanol–water partition coefficient (Wildman–Crippen LogP) is 1.55. The molecule has 0 saturated heterocycles. The van der Waals surface area contributed by atoms with Crippen LogP contribution in [0.5, 0.6) is 0 Å². The molecule has 1 N–H and O–H groups in total. The van der Waals surface area contributed by atoms with Crippen molar-refractivity contribution in [1.82, 2.24) is 4.73 Å². The highest BCUT2D eigenvalue weighted by Crippen LogP contribution is 2.12. The third kappa shape index (κ3) is 1.09. The minimum atomic E-state index is -0.374. The number of aryl methyl sites for hydroxylation is 1. The van der Waals surface area contributed by atoms with Crippen molar-refractivity contribution < 1.29 is 5.21 Å². The smallest absolute Gasteiger partial charge is 0.290 e. The van der Waals surface area contributed by atoms with Gasteiger partial charge in [0.15, 0.2) is 0 Å². The standard InChI is InChI=1S/C10H9NO2/c1-7-6-11(13)10(12)9-5-3-2-4-8(7)9/h2-6,13H,1H3. The summed E-state index contributed by atoms with van der Waals surface area (Å²) in [5.74, 6) is 0. The number of pyridine rings is 1. The van der Waals surface area contributed by atoms with Crippen LogP contribution < -0.4 is 5.56 Å². The van der Waals surface area contributed by atoms with Crippen molar-refractivity contribution in [2.45, 2.75) is 6.92 Å². The molecular formula is C10H9NO2. The van der Waals surface area contributed by atoms with E-state index in [0.29, 0.717) is 10.1 Å². The molecular weight excluding hydrogens is 166 g/mol. The van der Waals surface area contributed by atoms with Crippen molar-refractivity contribution in [3.63, 3.8) is 0 Å². The second-order valence-corrected chi connectivity index (χ2v) is 3.01. The van der Waals surface area contributed by atoms with Gasteiger partial charge in [-0.3, -0.25) is 4.79 Å². The summed E-state index contributed by atoms with van der Waals surface area (Å²) in [6, 6.07) is 7.23. The van der Waals surface area contributed by atoms with Crippen molar-refractivity contribution >= 4 is 10.8 Å². The fourth-order valence-electron chi connectivity index (χ4n) is 1.45. The Morgan fingerprint density at radius 2 is 1.85 bits per heavy atom. The lowest BCUT2D eigenvalue weighted by Crippen LogP contribution is -2.17. The summed E-state index contributed by atoms with van der Waals surface area (Å²) in [5, 5.41) is 10.6. The average Bonchev–Trinajstić information content (AvgIpc) is 2.15. The topological polar surface area (TPSA) is 42.2 Å². The summed E-state index contributed by atoms with van der Waals surface area (Å²) >= 11 is 0. The van der Waals surface area contributed by atoms with E-state index in [1.807, 2.05) is 19.1 Å². The molecule has 0 bridgehead atoms. The van der Waals surface area contributed by atoms with Crippen molar-refractivity contribution in [2.24, 2.45) is 0 Å². The quantitative estimate of drug-likeness (QED) is 0.617. The van der Waals surface area contributed by atoms with Crippen LogP contribution in [0.3, 0.4) is 0 Å². The van der Waals surface area contributed by atoms with Gasteiger partial charge in [-0.05, 0) is 23.9 Å². The minimum absolute atomic E-state index is 0.374. The highest BCUT2D eigenvalue weighted by atomic mass is 16.5. The molecule has 1 heterocycles. The Morgan fingerprint density at radius 1 is 1.23 bits per heavy atom. The zero-order valence-corrected chi connectivity index (χ0v) is 7.19. The Bertz CT molecular complexity index is 514. The number of fused-ring (bicyclic) bond motifs is 1. The largest absolute Gasteiger partial charge is 0.425 e. The maximum atomic E-state index is 11.4. The number of hydrogen-bond acceptors (Lipinski definition) is 2. The molecule has 0 spiro atoms. The second kappa shape index (κ2) is 2.62. The van der Waals surface area contributed by atoms with Gasteiger partial charge in [0.05, 0.1) is 11.6 Å². The van der Waals surface area contributed by atoms with E-state index in [2.05, 4.69) is 0 Å². The molecule has 0 aliphatic heterocycles. The van der Waals surface area contributed by atoms with Crippen molar-refractivity contribution in [3.05, 3.63) is 46.4 Å². The molecule has 1 aromatic carbocycles. The summed E-state index contributed by atoms with van der Waals surface area (Å²) in [4.78, 5) is 11.4. The fraction of sp³-hybridized carbons (Fsp3) is 0.100. The molecule has 13 heavy (non-hydrogen) atoms. The van der Waals surface area contributed by atoms with Gasteiger partial charge in [0.1, 0.15) is 0 Å². The molecule has 0 saturated carbocycles. The molecule has 2 rings (SSSR count). The summed E-state index contributed by atoms with van der Waals surface area (Å²) in [6.07, 6.45) is 1.42. The Hall–Kier alpha value is -1.77.